The van der Waals surface area contributed by atoms with Crippen LogP contribution in [0.15, 0.2) is 124 Å². The number of phenolic OH excluding ortho intramolecular Hbond substituents is 2. The average Bonchev–Trinajstić information content (AvgIpc) is 0.951. The minimum atomic E-state index is -0.274. The van der Waals surface area contributed by atoms with Crippen LogP contribution in [0, 0.1) is 6.92 Å². The molecule has 7 rings (SSSR count). The summed E-state index contributed by atoms with van der Waals surface area (Å²) in [5.41, 5.74) is 10.6. The second kappa shape index (κ2) is 28.6. The molecule has 498 valence electrons. The van der Waals surface area contributed by atoms with Gasteiger partial charge in [0.15, 0.2) is 6.79 Å². The standard InChI is InChI=1S/C43H61N3O2S2.C34H51N3O2S2/c1-30-34(39(2,3)4)22-32(23-35(30)40(5,6)7)49-43(13,14)50-33-24-36(41(8,9)10)38(48-29-47-26-31-18-16-15-17-19-31)37(25-33)42(11,12)20-21-46-28-44-27-45-46;1-30(2,3)24-16-22(17-25(28(24)38)31(4,5)6)40-34(12,13)41-23-18-26(32(7,8)9)29(39)27(19-23)33(10,11)14-15-37-21-35-20-36-37/h15-19,22-25,27-28H,20-21,26,29H2,1-14H3;16-21,38-39H,14-15H2,1-13H3. The quantitative estimate of drug-likeness (QED) is 0.0405. The summed E-state index contributed by atoms with van der Waals surface area (Å²) in [6.07, 6.45) is 8.38. The molecule has 0 atom stereocenters. The Bertz CT molecular complexity index is 3460. The Morgan fingerprint density at radius 3 is 1.08 bits per heavy atom. The van der Waals surface area contributed by atoms with Crippen LogP contribution in [-0.2, 0) is 67.8 Å². The third kappa shape index (κ3) is 20.8. The van der Waals surface area contributed by atoms with Crippen LogP contribution in [-0.4, -0.2) is 54.7 Å². The van der Waals surface area contributed by atoms with E-state index in [-0.39, 0.29) is 58.3 Å². The van der Waals surface area contributed by atoms with Crippen LogP contribution in [0.25, 0.3) is 0 Å². The van der Waals surface area contributed by atoms with Gasteiger partial charge in [-0.15, -0.1) is 47.0 Å². The number of ether oxygens (including phenoxy) is 2. The van der Waals surface area contributed by atoms with Crippen molar-refractivity contribution in [1.82, 2.24) is 29.5 Å². The normalized spacial score (nSPS) is 13.4. The van der Waals surface area contributed by atoms with Gasteiger partial charge in [0, 0.05) is 66.1 Å². The minimum Gasteiger partial charge on any atom is -0.507 e. The first kappa shape index (κ1) is 75.2. The number of hydrogen-bond donors (Lipinski definition) is 2. The second-order valence-corrected chi connectivity index (χ2v) is 40.4. The largest absolute Gasteiger partial charge is 0.507 e. The van der Waals surface area contributed by atoms with Gasteiger partial charge in [-0.25, -0.2) is 9.97 Å². The summed E-state index contributed by atoms with van der Waals surface area (Å²) in [5.74, 6) is 1.72. The summed E-state index contributed by atoms with van der Waals surface area (Å²) < 4.78 is 16.1. The van der Waals surface area contributed by atoms with Gasteiger partial charge >= 0.3 is 0 Å². The van der Waals surface area contributed by atoms with E-state index in [1.54, 1.807) is 25.3 Å². The Morgan fingerprint density at radius 1 is 0.407 bits per heavy atom. The van der Waals surface area contributed by atoms with E-state index in [0.29, 0.717) is 18.1 Å². The Morgan fingerprint density at radius 2 is 0.725 bits per heavy atom. The summed E-state index contributed by atoms with van der Waals surface area (Å²) in [7, 11) is 0. The van der Waals surface area contributed by atoms with Crippen molar-refractivity contribution in [3.05, 3.63) is 160 Å². The van der Waals surface area contributed by atoms with Crippen molar-refractivity contribution in [2.45, 2.75) is 291 Å². The molecule has 0 spiro atoms. The first-order valence-corrected chi connectivity index (χ1v) is 35.6. The van der Waals surface area contributed by atoms with Gasteiger partial charge in [-0.2, -0.15) is 10.2 Å². The molecule has 10 nitrogen and oxygen atoms in total. The van der Waals surface area contributed by atoms with Crippen LogP contribution in [0.4, 0.5) is 0 Å². The summed E-state index contributed by atoms with van der Waals surface area (Å²) >= 11 is 7.53. The highest BCUT2D eigenvalue weighted by atomic mass is 32.2. The Balaban J connectivity index is 0.000000295. The maximum absolute atomic E-state index is 11.5. The molecule has 0 amide bonds. The molecule has 0 aliphatic rings. The second-order valence-electron chi connectivity index (χ2n) is 33.1. The van der Waals surface area contributed by atoms with E-state index in [9.17, 15) is 10.2 Å². The zero-order valence-electron chi connectivity index (χ0n) is 60.6. The number of benzene rings is 5. The lowest BCUT2D eigenvalue weighted by Gasteiger charge is -2.34. The lowest BCUT2D eigenvalue weighted by molar-refractivity contribution is 0.00300. The highest BCUT2D eigenvalue weighted by Crippen LogP contribution is 2.54. The Labute approximate surface area is 566 Å². The molecule has 0 saturated carbocycles. The Kier molecular flexibility index (Phi) is 23.6. The zero-order chi connectivity index (χ0) is 68.3. The summed E-state index contributed by atoms with van der Waals surface area (Å²) in [4.78, 5) is 13.1. The van der Waals surface area contributed by atoms with Crippen LogP contribution in [0.3, 0.4) is 0 Å². The van der Waals surface area contributed by atoms with Crippen molar-refractivity contribution in [2.24, 2.45) is 0 Å². The maximum atomic E-state index is 11.5. The summed E-state index contributed by atoms with van der Waals surface area (Å²) in [5, 5.41) is 31.4. The monoisotopic (exact) mass is 1310 g/mol. The van der Waals surface area contributed by atoms with Gasteiger partial charge in [-0.05, 0) is 162 Å². The molecule has 0 aliphatic carbocycles. The number of thioether (sulfide) groups is 4. The summed E-state index contributed by atoms with van der Waals surface area (Å²) in [6.45, 7) is 62.8. The van der Waals surface area contributed by atoms with Crippen LogP contribution in [0.1, 0.15) is 248 Å². The minimum absolute atomic E-state index is 0.0624. The Hall–Kier alpha value is -4.86. The van der Waals surface area contributed by atoms with Crippen LogP contribution >= 0.6 is 47.0 Å². The first-order chi connectivity index (χ1) is 41.6. The molecule has 2 heterocycles. The lowest BCUT2D eigenvalue weighted by atomic mass is 9.77. The van der Waals surface area contributed by atoms with Gasteiger partial charge in [0.25, 0.3) is 0 Å². The van der Waals surface area contributed by atoms with Gasteiger partial charge in [0.05, 0.1) is 14.8 Å². The number of aryl methyl sites for hydroxylation is 2. The molecule has 0 aliphatic heterocycles. The average molecular weight is 1310 g/mol. The third-order valence-electron chi connectivity index (χ3n) is 16.6. The molecule has 0 saturated heterocycles. The molecular weight excluding hydrogens is 1200 g/mol. The third-order valence-corrected chi connectivity index (χ3v) is 21.5. The van der Waals surface area contributed by atoms with Gasteiger partial charge in [-0.1, -0.05) is 183 Å². The molecule has 2 aromatic heterocycles. The van der Waals surface area contributed by atoms with E-state index in [0.717, 1.165) is 69.3 Å². The van der Waals surface area contributed by atoms with Crippen molar-refractivity contribution in [3.8, 4) is 17.2 Å². The van der Waals surface area contributed by atoms with Gasteiger partial charge in [-0.3, -0.25) is 9.36 Å². The zero-order valence-corrected chi connectivity index (χ0v) is 63.9. The number of rotatable bonds is 21. The van der Waals surface area contributed by atoms with E-state index in [1.165, 1.54) is 37.6 Å². The molecule has 91 heavy (non-hydrogen) atoms. The van der Waals surface area contributed by atoms with E-state index in [2.05, 4.69) is 268 Å². The molecule has 5 aromatic carbocycles. The van der Waals surface area contributed by atoms with Crippen molar-refractivity contribution in [2.75, 3.05) is 6.79 Å². The number of nitrogens with zero attached hydrogens (tertiary/aromatic N) is 6. The molecule has 0 unspecified atom stereocenters. The van der Waals surface area contributed by atoms with Crippen LogP contribution in [0.2, 0.25) is 0 Å². The van der Waals surface area contributed by atoms with Gasteiger partial charge < -0.3 is 19.7 Å². The van der Waals surface area contributed by atoms with Crippen LogP contribution in [0.5, 0.6) is 17.2 Å². The predicted molar refractivity (Wildman–Crippen MR) is 390 cm³/mol. The lowest BCUT2D eigenvalue weighted by Crippen LogP contribution is -2.25. The van der Waals surface area contributed by atoms with Crippen LogP contribution < -0.4 is 4.74 Å². The number of aromatic nitrogens is 6. The van der Waals surface area contributed by atoms with Crippen molar-refractivity contribution >= 4 is 47.0 Å². The smallest absolute Gasteiger partial charge is 0.189 e. The topological polar surface area (TPSA) is 120 Å². The van der Waals surface area contributed by atoms with E-state index in [1.807, 2.05) is 74.6 Å². The molecule has 14 heteroatoms. The fraction of sp³-hybridized carbons (Fsp3) is 0.558. The molecule has 7 aromatic rings. The fourth-order valence-electron chi connectivity index (χ4n) is 11.5. The van der Waals surface area contributed by atoms with E-state index < -0.39 is 0 Å². The molecule has 0 fully saturated rings. The number of hydrogen-bond acceptors (Lipinski definition) is 12. The van der Waals surface area contributed by atoms with Crippen molar-refractivity contribution in [1.29, 1.82) is 0 Å². The van der Waals surface area contributed by atoms with Crippen molar-refractivity contribution < 1.29 is 19.7 Å². The van der Waals surface area contributed by atoms with Gasteiger partial charge in [0.2, 0.25) is 0 Å². The fourth-order valence-corrected chi connectivity index (χ4v) is 16.7. The SMILES string of the molecule is CC(C)(Sc1cc(C(C)(C)C)c(O)c(C(C)(C)C)c1)Sc1cc(C(C)(C)C)c(O)c(C(C)(C)CCn2cncn2)c1.Cc1c(C(C)(C)C)cc(SC(C)(C)Sc2cc(C(C)(C)C)c(OCOCc3ccccc3)c(C(C)(C)CCn3cncn3)c2)cc1C(C)(C)C. The van der Waals surface area contributed by atoms with Crippen molar-refractivity contribution in [3.63, 3.8) is 0 Å². The molecule has 2 N–H and O–H groups in total. The van der Waals surface area contributed by atoms with E-state index >= 15 is 0 Å². The predicted octanol–water partition coefficient (Wildman–Crippen LogP) is 21.6. The maximum Gasteiger partial charge on any atom is 0.189 e. The highest BCUT2D eigenvalue weighted by molar-refractivity contribution is 8.18. The number of aromatic hydroxyl groups is 2. The molecular formula is C77H112N6O4S4. The summed E-state index contributed by atoms with van der Waals surface area (Å²) in [6, 6.07) is 28.5. The van der Waals surface area contributed by atoms with E-state index in [4.69, 9.17) is 9.47 Å². The highest BCUT2D eigenvalue weighted by Gasteiger charge is 2.36. The van der Waals surface area contributed by atoms with Gasteiger partial charge in [0.1, 0.15) is 42.6 Å². The first-order valence-electron chi connectivity index (χ1n) is 32.3. The molecule has 0 radical (unpaired) electrons. The number of phenols is 2. The molecule has 0 bridgehead atoms.